The largest absolute Gasteiger partial charge is 0.365 e. The third kappa shape index (κ3) is 2.94. The van der Waals surface area contributed by atoms with Crippen LogP contribution in [0.1, 0.15) is 39.5 Å². The summed E-state index contributed by atoms with van der Waals surface area (Å²) >= 11 is 0. The second-order valence-corrected chi connectivity index (χ2v) is 8.57. The van der Waals surface area contributed by atoms with Crippen LogP contribution >= 0.6 is 0 Å². The van der Waals surface area contributed by atoms with Crippen LogP contribution in [0.3, 0.4) is 0 Å². The zero-order chi connectivity index (χ0) is 19.4. The van der Waals surface area contributed by atoms with Gasteiger partial charge < -0.3 is 9.64 Å². The number of hydrogen-bond acceptors (Lipinski definition) is 5. The Morgan fingerprint density at radius 1 is 1.00 bits per heavy atom. The molecule has 0 amide bonds. The Morgan fingerprint density at radius 2 is 1.79 bits per heavy atom. The van der Waals surface area contributed by atoms with Crippen LogP contribution in [0.4, 0.5) is 10.2 Å². The number of aromatic nitrogens is 4. The molecule has 3 aromatic rings. The minimum absolute atomic E-state index is 0.0973. The van der Waals surface area contributed by atoms with Crippen LogP contribution in [0.5, 0.6) is 0 Å². The highest BCUT2D eigenvalue weighted by atomic mass is 19.1. The topological polar surface area (TPSA) is 55.6 Å². The zero-order valence-electron chi connectivity index (χ0n) is 16.2. The molecule has 0 bridgehead atoms. The van der Waals surface area contributed by atoms with Crippen molar-refractivity contribution in [2.24, 2.45) is 0 Å². The Balaban J connectivity index is 1.56. The molecule has 1 saturated carbocycles. The van der Waals surface area contributed by atoms with Gasteiger partial charge in [0.1, 0.15) is 11.6 Å². The van der Waals surface area contributed by atoms with Crippen LogP contribution in [0.25, 0.3) is 17.0 Å². The van der Waals surface area contributed by atoms with Gasteiger partial charge in [-0.25, -0.2) is 4.39 Å². The third-order valence-electron chi connectivity index (χ3n) is 5.75. The van der Waals surface area contributed by atoms with Crippen LogP contribution in [0.15, 0.2) is 36.4 Å². The lowest BCUT2D eigenvalue weighted by molar-refractivity contribution is -0.148. The zero-order valence-corrected chi connectivity index (χ0v) is 16.2. The number of hydrogen-bond donors (Lipinski definition) is 0. The lowest BCUT2D eigenvalue weighted by atomic mass is 9.94. The van der Waals surface area contributed by atoms with Crippen molar-refractivity contribution in [1.29, 1.82) is 0 Å². The summed E-state index contributed by atoms with van der Waals surface area (Å²) in [5, 5.41) is 13.1. The van der Waals surface area contributed by atoms with Crippen LogP contribution in [0.2, 0.25) is 0 Å². The van der Waals surface area contributed by atoms with Gasteiger partial charge in [0.15, 0.2) is 11.5 Å². The maximum absolute atomic E-state index is 14.3. The molecule has 0 unspecified atom stereocenters. The van der Waals surface area contributed by atoms with Gasteiger partial charge in [-0.05, 0) is 51.0 Å². The summed E-state index contributed by atoms with van der Waals surface area (Å²) < 4.78 is 22.4. The molecule has 3 heterocycles. The Kier molecular flexibility index (Phi) is 3.91. The molecule has 7 heteroatoms. The molecule has 0 radical (unpaired) electrons. The molecule has 1 aromatic carbocycles. The van der Waals surface area contributed by atoms with Crippen molar-refractivity contribution in [2.45, 2.75) is 50.7 Å². The number of nitrogens with zero attached hydrogens (tertiary/aromatic N) is 5. The molecule has 2 aliphatic rings. The summed E-state index contributed by atoms with van der Waals surface area (Å²) in [6, 6.07) is 10.4. The van der Waals surface area contributed by atoms with E-state index in [1.54, 1.807) is 22.7 Å². The molecule has 1 aliphatic heterocycles. The average molecular weight is 381 g/mol. The predicted molar refractivity (Wildman–Crippen MR) is 105 cm³/mol. The number of halogens is 1. The van der Waals surface area contributed by atoms with E-state index in [0.717, 1.165) is 31.7 Å². The first-order valence-corrected chi connectivity index (χ1v) is 9.87. The Bertz CT molecular complexity index is 1020. The van der Waals surface area contributed by atoms with E-state index in [-0.39, 0.29) is 17.0 Å². The number of fused-ring (bicyclic) bond motifs is 1. The average Bonchev–Trinajstić information content (AvgIpc) is 3.27. The predicted octanol–water partition coefficient (Wildman–Crippen LogP) is 3.86. The number of anilines is 1. The Hall–Kier alpha value is -2.54. The molecule has 2 fully saturated rings. The van der Waals surface area contributed by atoms with Crippen molar-refractivity contribution in [1.82, 2.24) is 19.8 Å². The highest BCUT2D eigenvalue weighted by Gasteiger charge is 2.46. The van der Waals surface area contributed by atoms with Gasteiger partial charge in [0.2, 0.25) is 0 Å². The summed E-state index contributed by atoms with van der Waals surface area (Å²) in [4.78, 5) is 2.29. The van der Waals surface area contributed by atoms with Crippen molar-refractivity contribution < 1.29 is 9.13 Å². The van der Waals surface area contributed by atoms with Crippen LogP contribution in [0, 0.1) is 5.82 Å². The van der Waals surface area contributed by atoms with Gasteiger partial charge in [-0.15, -0.1) is 15.3 Å². The fourth-order valence-corrected chi connectivity index (χ4v) is 4.71. The van der Waals surface area contributed by atoms with Crippen molar-refractivity contribution in [3.8, 4) is 11.4 Å². The molecule has 2 aromatic heterocycles. The van der Waals surface area contributed by atoms with Gasteiger partial charge >= 0.3 is 0 Å². The lowest BCUT2D eigenvalue weighted by Crippen LogP contribution is -2.59. The van der Waals surface area contributed by atoms with E-state index < -0.39 is 0 Å². The normalized spacial score (nSPS) is 20.9. The van der Waals surface area contributed by atoms with Gasteiger partial charge in [-0.2, -0.15) is 4.52 Å². The highest BCUT2D eigenvalue weighted by Crippen LogP contribution is 2.41. The standard InChI is InChI=1S/C21H24FN5O/c1-20(2)13-26(14-21(28-20)11-5-6-12-21)18-10-9-17-23-24-19(27(17)25-18)15-7-3-4-8-16(15)22/h3-4,7-10H,5-6,11-14H2,1-2H3. The van der Waals surface area contributed by atoms with E-state index in [4.69, 9.17) is 9.84 Å². The van der Waals surface area contributed by atoms with Crippen molar-refractivity contribution >= 4 is 11.5 Å². The SMILES string of the molecule is CC1(C)CN(c2ccc3nnc(-c4ccccc4F)n3n2)CC2(CCCC2)O1. The van der Waals surface area contributed by atoms with Gasteiger partial charge in [-0.1, -0.05) is 25.0 Å². The molecule has 6 nitrogen and oxygen atoms in total. The molecule has 28 heavy (non-hydrogen) atoms. The molecule has 146 valence electrons. The lowest BCUT2D eigenvalue weighted by Gasteiger charge is -2.49. The second kappa shape index (κ2) is 6.24. The monoisotopic (exact) mass is 381 g/mol. The maximum atomic E-state index is 14.3. The minimum Gasteiger partial charge on any atom is -0.365 e. The molecule has 0 N–H and O–H groups in total. The molecular weight excluding hydrogens is 357 g/mol. The fraction of sp³-hybridized carbons (Fsp3) is 0.476. The van der Waals surface area contributed by atoms with Crippen LogP contribution in [-0.4, -0.2) is 44.1 Å². The Labute approximate surface area is 163 Å². The highest BCUT2D eigenvalue weighted by molar-refractivity contribution is 5.60. The van der Waals surface area contributed by atoms with Crippen molar-refractivity contribution in [3.05, 3.63) is 42.2 Å². The molecular formula is C21H24FN5O. The van der Waals surface area contributed by atoms with Crippen LogP contribution < -0.4 is 4.90 Å². The molecule has 5 rings (SSSR count). The first-order valence-electron chi connectivity index (χ1n) is 9.87. The molecule has 1 aliphatic carbocycles. The number of ether oxygens (including phenoxy) is 1. The van der Waals surface area contributed by atoms with Gasteiger partial charge in [0.05, 0.1) is 16.8 Å². The van der Waals surface area contributed by atoms with Gasteiger partial charge in [0.25, 0.3) is 0 Å². The summed E-state index contributed by atoms with van der Waals surface area (Å²) in [5.41, 5.74) is 0.653. The van der Waals surface area contributed by atoms with Gasteiger partial charge in [-0.3, -0.25) is 0 Å². The third-order valence-corrected chi connectivity index (χ3v) is 5.75. The maximum Gasteiger partial charge on any atom is 0.188 e. The smallest absolute Gasteiger partial charge is 0.188 e. The molecule has 1 saturated heterocycles. The molecule has 1 spiro atoms. The summed E-state index contributed by atoms with van der Waals surface area (Å²) in [6.07, 6.45) is 4.59. The first-order chi connectivity index (χ1) is 13.4. The fourth-order valence-electron chi connectivity index (χ4n) is 4.71. The minimum atomic E-state index is -0.332. The van der Waals surface area contributed by atoms with Gasteiger partial charge in [0, 0.05) is 13.1 Å². The summed E-state index contributed by atoms with van der Waals surface area (Å²) in [6.45, 7) is 5.86. The van der Waals surface area contributed by atoms with E-state index in [1.165, 1.54) is 18.9 Å². The summed E-state index contributed by atoms with van der Waals surface area (Å²) in [7, 11) is 0. The number of morpholine rings is 1. The van der Waals surface area contributed by atoms with Crippen molar-refractivity contribution in [3.63, 3.8) is 0 Å². The summed E-state index contributed by atoms with van der Waals surface area (Å²) in [5.74, 6) is 0.923. The second-order valence-electron chi connectivity index (χ2n) is 8.57. The van der Waals surface area contributed by atoms with E-state index in [9.17, 15) is 4.39 Å². The number of rotatable bonds is 2. The number of benzene rings is 1. The van der Waals surface area contributed by atoms with E-state index >= 15 is 0 Å². The first kappa shape index (κ1) is 17.6. The molecule has 0 atom stereocenters. The van der Waals surface area contributed by atoms with E-state index in [2.05, 4.69) is 28.9 Å². The van der Waals surface area contributed by atoms with Crippen LogP contribution in [-0.2, 0) is 4.74 Å². The Morgan fingerprint density at radius 3 is 2.57 bits per heavy atom. The quantitative estimate of drug-likeness (QED) is 0.675. The van der Waals surface area contributed by atoms with E-state index in [1.807, 2.05) is 12.1 Å². The van der Waals surface area contributed by atoms with Crippen molar-refractivity contribution in [2.75, 3.05) is 18.0 Å². The van der Waals surface area contributed by atoms with E-state index in [0.29, 0.717) is 17.0 Å².